The van der Waals surface area contributed by atoms with Crippen LogP contribution in [-0.4, -0.2) is 12.1 Å². The molecule has 0 spiro atoms. The van der Waals surface area contributed by atoms with Crippen LogP contribution in [0.3, 0.4) is 0 Å². The average Bonchev–Trinajstić information content (AvgIpc) is 3.11. The molecule has 0 aliphatic heterocycles. The van der Waals surface area contributed by atoms with Gasteiger partial charge in [0.25, 0.3) is 0 Å². The summed E-state index contributed by atoms with van der Waals surface area (Å²) >= 11 is 1.72. The molecule has 0 aliphatic rings. The summed E-state index contributed by atoms with van der Waals surface area (Å²) < 4.78 is 6.46. The minimum Gasteiger partial charge on any atom is -0.497 e. The van der Waals surface area contributed by atoms with Crippen molar-refractivity contribution in [2.45, 2.75) is 0 Å². The molecule has 3 heteroatoms. The van der Waals surface area contributed by atoms with E-state index in [1.165, 1.54) is 4.70 Å². The summed E-state index contributed by atoms with van der Waals surface area (Å²) in [5.74, 6) is 0.860. The normalized spacial score (nSPS) is 11.6. The van der Waals surface area contributed by atoms with Crippen molar-refractivity contribution in [1.29, 1.82) is 0 Å². The second kappa shape index (κ2) is 6.91. The lowest BCUT2D eigenvalue weighted by atomic mass is 10.0. The van der Waals surface area contributed by atoms with Crippen LogP contribution in [0.5, 0.6) is 5.75 Å². The number of benzene rings is 3. The second-order valence-corrected chi connectivity index (χ2v) is 6.71. The molecule has 0 N–H and O–H groups in total. The Morgan fingerprint density at radius 2 is 1.60 bits per heavy atom. The molecule has 4 rings (SSSR count). The summed E-state index contributed by atoms with van der Waals surface area (Å²) in [7, 11) is 1.68. The fourth-order valence-corrected chi connectivity index (χ4v) is 3.74. The van der Waals surface area contributed by atoms with Gasteiger partial charge in [0.15, 0.2) is 0 Å². The standard InChI is InChI=1S/C22H17NOS/c1-24-18-13-11-16(12-14-18)15-19(17-7-3-2-4-8-17)22-23-20-9-5-6-10-21(20)25-22/h2-15H,1H3. The van der Waals surface area contributed by atoms with Crippen molar-refractivity contribution in [2.75, 3.05) is 7.11 Å². The van der Waals surface area contributed by atoms with E-state index in [0.29, 0.717) is 0 Å². The van der Waals surface area contributed by atoms with Gasteiger partial charge in [-0.2, -0.15) is 0 Å². The van der Waals surface area contributed by atoms with Crippen molar-refractivity contribution in [2.24, 2.45) is 0 Å². The van der Waals surface area contributed by atoms with Crippen LogP contribution in [0, 0.1) is 0 Å². The predicted molar refractivity (Wildman–Crippen MR) is 106 cm³/mol. The molecule has 0 amide bonds. The van der Waals surface area contributed by atoms with Gasteiger partial charge in [0, 0.05) is 5.57 Å². The smallest absolute Gasteiger partial charge is 0.125 e. The Morgan fingerprint density at radius 1 is 0.880 bits per heavy atom. The Hall–Kier alpha value is -2.91. The Morgan fingerprint density at radius 3 is 2.32 bits per heavy atom. The van der Waals surface area contributed by atoms with Crippen molar-refractivity contribution in [3.8, 4) is 5.75 Å². The lowest BCUT2D eigenvalue weighted by Gasteiger charge is -2.06. The maximum Gasteiger partial charge on any atom is 0.125 e. The minimum atomic E-state index is 0.860. The third kappa shape index (κ3) is 3.32. The van der Waals surface area contributed by atoms with Crippen LogP contribution >= 0.6 is 11.3 Å². The van der Waals surface area contributed by atoms with Crippen molar-refractivity contribution in [3.05, 3.63) is 95.0 Å². The van der Waals surface area contributed by atoms with Crippen molar-refractivity contribution in [3.63, 3.8) is 0 Å². The molecule has 0 atom stereocenters. The second-order valence-electron chi connectivity index (χ2n) is 5.68. The molecule has 2 nitrogen and oxygen atoms in total. The van der Waals surface area contributed by atoms with Crippen LogP contribution in [-0.2, 0) is 0 Å². The van der Waals surface area contributed by atoms with Gasteiger partial charge in [-0.15, -0.1) is 11.3 Å². The number of hydrogen-bond donors (Lipinski definition) is 0. The highest BCUT2D eigenvalue weighted by Gasteiger charge is 2.11. The third-order valence-corrected chi connectivity index (χ3v) is 5.11. The van der Waals surface area contributed by atoms with E-state index < -0.39 is 0 Å². The highest BCUT2D eigenvalue weighted by atomic mass is 32.1. The molecule has 4 aromatic rings. The highest BCUT2D eigenvalue weighted by molar-refractivity contribution is 7.19. The molecule has 0 saturated carbocycles. The van der Waals surface area contributed by atoms with Gasteiger partial charge in [-0.1, -0.05) is 54.6 Å². The zero-order valence-electron chi connectivity index (χ0n) is 13.8. The molecule has 0 aliphatic carbocycles. The molecule has 0 fully saturated rings. The first kappa shape index (κ1) is 15.6. The topological polar surface area (TPSA) is 22.1 Å². The highest BCUT2D eigenvalue weighted by Crippen LogP contribution is 2.32. The Kier molecular flexibility index (Phi) is 4.32. The minimum absolute atomic E-state index is 0.860. The summed E-state index contributed by atoms with van der Waals surface area (Å²) in [6.07, 6.45) is 2.19. The zero-order valence-corrected chi connectivity index (χ0v) is 14.7. The molecule has 1 aromatic heterocycles. The van der Waals surface area contributed by atoms with Crippen LogP contribution in [0.2, 0.25) is 0 Å². The molecule has 1 heterocycles. The summed E-state index contributed by atoms with van der Waals surface area (Å²) in [5.41, 5.74) is 4.46. The molecule has 122 valence electrons. The number of nitrogens with zero attached hydrogens (tertiary/aromatic N) is 1. The Labute approximate surface area is 151 Å². The van der Waals surface area contributed by atoms with Gasteiger partial charge in [-0.05, 0) is 41.5 Å². The van der Waals surface area contributed by atoms with Crippen molar-refractivity contribution < 1.29 is 4.74 Å². The number of fused-ring (bicyclic) bond motifs is 1. The summed E-state index contributed by atoms with van der Waals surface area (Å²) in [4.78, 5) is 4.84. The summed E-state index contributed by atoms with van der Waals surface area (Å²) in [6, 6.07) is 26.8. The van der Waals surface area contributed by atoms with Gasteiger partial charge in [-0.3, -0.25) is 0 Å². The number of para-hydroxylation sites is 1. The number of rotatable bonds is 4. The number of methoxy groups -OCH3 is 1. The first-order valence-electron chi connectivity index (χ1n) is 8.10. The first-order chi connectivity index (χ1) is 12.3. The van der Waals surface area contributed by atoms with Gasteiger partial charge in [0.1, 0.15) is 10.8 Å². The van der Waals surface area contributed by atoms with E-state index >= 15 is 0 Å². The molecule has 0 saturated heterocycles. The maximum absolute atomic E-state index is 5.25. The van der Waals surface area contributed by atoms with Crippen LogP contribution in [0.25, 0.3) is 21.9 Å². The summed E-state index contributed by atoms with van der Waals surface area (Å²) in [5, 5.41) is 1.03. The van der Waals surface area contributed by atoms with Gasteiger partial charge in [0.05, 0.1) is 17.3 Å². The van der Waals surface area contributed by atoms with Crippen LogP contribution in [0.15, 0.2) is 78.9 Å². The van der Waals surface area contributed by atoms with Crippen LogP contribution < -0.4 is 4.74 Å². The van der Waals surface area contributed by atoms with Gasteiger partial charge in [0.2, 0.25) is 0 Å². The third-order valence-electron chi connectivity index (χ3n) is 4.04. The fraction of sp³-hybridized carbons (Fsp3) is 0.0455. The van der Waals surface area contributed by atoms with Gasteiger partial charge in [-0.25, -0.2) is 4.98 Å². The molecule has 25 heavy (non-hydrogen) atoms. The summed E-state index contributed by atoms with van der Waals surface area (Å²) in [6.45, 7) is 0. The SMILES string of the molecule is COc1ccc(C=C(c2ccccc2)c2nc3ccccc3s2)cc1. The molecule has 0 unspecified atom stereocenters. The van der Waals surface area contributed by atoms with E-state index in [0.717, 1.165) is 33.0 Å². The van der Waals surface area contributed by atoms with E-state index in [1.807, 2.05) is 24.3 Å². The zero-order chi connectivity index (χ0) is 17.1. The molecular formula is C22H17NOS. The van der Waals surface area contributed by atoms with Gasteiger partial charge < -0.3 is 4.74 Å². The Balaban J connectivity index is 1.85. The first-order valence-corrected chi connectivity index (χ1v) is 8.92. The molecular weight excluding hydrogens is 326 g/mol. The monoisotopic (exact) mass is 343 g/mol. The quantitative estimate of drug-likeness (QED) is 0.431. The van der Waals surface area contributed by atoms with E-state index in [9.17, 15) is 0 Å². The number of ether oxygens (including phenoxy) is 1. The van der Waals surface area contributed by atoms with E-state index in [-0.39, 0.29) is 0 Å². The lowest BCUT2D eigenvalue weighted by molar-refractivity contribution is 0.415. The number of thiazole rings is 1. The predicted octanol–water partition coefficient (Wildman–Crippen LogP) is 5.89. The molecule has 3 aromatic carbocycles. The van der Waals surface area contributed by atoms with E-state index in [4.69, 9.17) is 9.72 Å². The number of hydrogen-bond acceptors (Lipinski definition) is 3. The fourth-order valence-electron chi connectivity index (χ4n) is 2.74. The molecule has 0 radical (unpaired) electrons. The van der Waals surface area contributed by atoms with Crippen molar-refractivity contribution in [1.82, 2.24) is 4.98 Å². The lowest BCUT2D eigenvalue weighted by Crippen LogP contribution is -1.88. The van der Waals surface area contributed by atoms with Crippen LogP contribution in [0.1, 0.15) is 16.1 Å². The van der Waals surface area contributed by atoms with Crippen LogP contribution in [0.4, 0.5) is 0 Å². The van der Waals surface area contributed by atoms with E-state index in [1.54, 1.807) is 18.4 Å². The maximum atomic E-state index is 5.25. The van der Waals surface area contributed by atoms with Gasteiger partial charge >= 0.3 is 0 Å². The van der Waals surface area contributed by atoms with E-state index in [2.05, 4.69) is 60.7 Å². The average molecular weight is 343 g/mol. The Bertz CT molecular complexity index is 984. The number of aromatic nitrogens is 1. The molecule has 0 bridgehead atoms. The van der Waals surface area contributed by atoms with Crippen molar-refractivity contribution >= 4 is 33.2 Å². The largest absolute Gasteiger partial charge is 0.497 e.